The number of anilines is 1. The van der Waals surface area contributed by atoms with Gasteiger partial charge in [0.05, 0.1) is 17.7 Å². The first-order valence-corrected chi connectivity index (χ1v) is 17.1. The normalized spacial score (nSPS) is 11.8. The number of hydrogen-bond donors (Lipinski definition) is 1. The highest BCUT2D eigenvalue weighted by molar-refractivity contribution is 7.92. The van der Waals surface area contributed by atoms with E-state index in [0.29, 0.717) is 17.1 Å². The molecule has 0 unspecified atom stereocenters. The molecule has 0 bridgehead atoms. The van der Waals surface area contributed by atoms with Gasteiger partial charge in [0.25, 0.3) is 10.0 Å². The van der Waals surface area contributed by atoms with Crippen LogP contribution in [0, 0.1) is 0 Å². The minimum Gasteiger partial charge on any atom is -0.495 e. The summed E-state index contributed by atoms with van der Waals surface area (Å²) in [6.45, 7) is 1.83. The van der Waals surface area contributed by atoms with Gasteiger partial charge in [-0.2, -0.15) is 0 Å². The van der Waals surface area contributed by atoms with Crippen molar-refractivity contribution in [3.63, 3.8) is 0 Å². The summed E-state index contributed by atoms with van der Waals surface area (Å²) >= 11 is 12.6. The average Bonchev–Trinajstić information content (AvgIpc) is 3.06. The molecule has 0 aliphatic heterocycles. The number of ether oxygens (including phenoxy) is 1. The summed E-state index contributed by atoms with van der Waals surface area (Å²) in [6, 6.07) is 27.8. The smallest absolute Gasteiger partial charge is 0.264 e. The van der Waals surface area contributed by atoms with Crippen molar-refractivity contribution in [2.45, 2.75) is 43.7 Å². The standard InChI is InChI=1S/C35H37Cl2N3O5S/c1-3-4-20-38-35(42)32(22-26-12-7-5-8-13-26)39(24-27-14-11-15-28(36)21-27)34(41)25-40(31-23-29(37)18-19-33(31)45-2)46(43,44)30-16-9-6-10-17-30/h5-19,21,23,32H,3-4,20,22,24-25H2,1-2H3,(H,38,42)/t32-/m0/s1. The van der Waals surface area contributed by atoms with Crippen LogP contribution in [0.5, 0.6) is 5.75 Å². The van der Waals surface area contributed by atoms with Gasteiger partial charge in [-0.1, -0.05) is 97.2 Å². The minimum atomic E-state index is -4.31. The van der Waals surface area contributed by atoms with Crippen molar-refractivity contribution in [3.05, 3.63) is 124 Å². The second kappa shape index (κ2) is 16.5. The maximum atomic E-state index is 14.6. The molecular weight excluding hydrogens is 645 g/mol. The molecule has 0 saturated heterocycles. The molecular formula is C35H37Cl2N3O5S. The lowest BCUT2D eigenvalue weighted by molar-refractivity contribution is -0.140. The molecule has 0 fully saturated rings. The molecule has 4 aromatic carbocycles. The van der Waals surface area contributed by atoms with E-state index in [0.717, 1.165) is 22.7 Å². The fourth-order valence-corrected chi connectivity index (χ4v) is 6.80. The van der Waals surface area contributed by atoms with Crippen LogP contribution in [-0.4, -0.2) is 51.4 Å². The molecule has 2 amide bonds. The molecule has 0 saturated carbocycles. The maximum absolute atomic E-state index is 14.6. The Kier molecular flexibility index (Phi) is 12.5. The van der Waals surface area contributed by atoms with Crippen molar-refractivity contribution in [1.82, 2.24) is 10.2 Å². The van der Waals surface area contributed by atoms with Crippen LogP contribution in [0.3, 0.4) is 0 Å². The third-order valence-electron chi connectivity index (χ3n) is 7.36. The van der Waals surface area contributed by atoms with Gasteiger partial charge in [0.1, 0.15) is 18.3 Å². The number of amides is 2. The van der Waals surface area contributed by atoms with Crippen molar-refractivity contribution < 1.29 is 22.7 Å². The van der Waals surface area contributed by atoms with Crippen molar-refractivity contribution in [2.24, 2.45) is 0 Å². The maximum Gasteiger partial charge on any atom is 0.264 e. The van der Waals surface area contributed by atoms with E-state index in [-0.39, 0.29) is 40.2 Å². The Hall–Kier alpha value is -4.05. The third kappa shape index (κ3) is 9.02. The number of carbonyl (C=O) groups is 2. The summed E-state index contributed by atoms with van der Waals surface area (Å²) < 4.78 is 34.9. The van der Waals surface area contributed by atoms with Crippen molar-refractivity contribution in [3.8, 4) is 5.75 Å². The Labute approximate surface area is 280 Å². The molecule has 4 rings (SSSR count). The lowest BCUT2D eigenvalue weighted by atomic mass is 10.0. The summed E-state index contributed by atoms with van der Waals surface area (Å²) in [5, 5.41) is 3.70. The van der Waals surface area contributed by atoms with Gasteiger partial charge in [-0.25, -0.2) is 8.42 Å². The topological polar surface area (TPSA) is 96.0 Å². The number of benzene rings is 4. The number of hydrogen-bond acceptors (Lipinski definition) is 5. The monoisotopic (exact) mass is 681 g/mol. The first kappa shape index (κ1) is 34.8. The number of carbonyl (C=O) groups excluding carboxylic acids is 2. The summed E-state index contributed by atoms with van der Waals surface area (Å²) in [6.07, 6.45) is 1.85. The van der Waals surface area contributed by atoms with Crippen LogP contribution in [0.25, 0.3) is 0 Å². The Balaban J connectivity index is 1.83. The van der Waals surface area contributed by atoms with E-state index >= 15 is 0 Å². The molecule has 242 valence electrons. The van der Waals surface area contributed by atoms with E-state index in [2.05, 4.69) is 5.32 Å². The van der Waals surface area contributed by atoms with Crippen LogP contribution in [0.1, 0.15) is 30.9 Å². The predicted molar refractivity (Wildman–Crippen MR) is 183 cm³/mol. The summed E-state index contributed by atoms with van der Waals surface area (Å²) in [7, 11) is -2.90. The zero-order valence-corrected chi connectivity index (χ0v) is 28.1. The third-order valence-corrected chi connectivity index (χ3v) is 9.61. The fourth-order valence-electron chi connectivity index (χ4n) is 4.98. The fraction of sp³-hybridized carbons (Fsp3) is 0.257. The van der Waals surface area contributed by atoms with Gasteiger partial charge >= 0.3 is 0 Å². The highest BCUT2D eigenvalue weighted by atomic mass is 35.5. The summed E-state index contributed by atoms with van der Waals surface area (Å²) in [5.74, 6) is -0.741. The molecule has 11 heteroatoms. The number of sulfonamides is 1. The molecule has 1 N–H and O–H groups in total. The molecule has 0 spiro atoms. The van der Waals surface area contributed by atoms with Crippen molar-refractivity contribution in [1.29, 1.82) is 0 Å². The van der Waals surface area contributed by atoms with Crippen LogP contribution in [-0.2, 0) is 32.6 Å². The Morgan fingerprint density at radius 3 is 2.15 bits per heavy atom. The summed E-state index contributed by atoms with van der Waals surface area (Å²) in [4.78, 5) is 29.8. The van der Waals surface area contributed by atoms with Crippen LogP contribution < -0.4 is 14.4 Å². The van der Waals surface area contributed by atoms with E-state index < -0.39 is 28.5 Å². The Morgan fingerprint density at radius 1 is 0.848 bits per heavy atom. The SMILES string of the molecule is CCCCNC(=O)[C@H](Cc1ccccc1)N(Cc1cccc(Cl)c1)C(=O)CN(c1cc(Cl)ccc1OC)S(=O)(=O)c1ccccc1. The molecule has 0 aliphatic carbocycles. The van der Waals surface area contributed by atoms with Gasteiger partial charge in [0.15, 0.2) is 0 Å². The van der Waals surface area contributed by atoms with Gasteiger partial charge in [-0.05, 0) is 60.0 Å². The molecule has 4 aromatic rings. The van der Waals surface area contributed by atoms with E-state index in [1.54, 1.807) is 54.6 Å². The first-order valence-electron chi connectivity index (χ1n) is 14.9. The van der Waals surface area contributed by atoms with Crippen LogP contribution in [0.4, 0.5) is 5.69 Å². The second-order valence-corrected chi connectivity index (χ2v) is 13.4. The highest BCUT2D eigenvalue weighted by Crippen LogP contribution is 2.35. The number of nitrogens with one attached hydrogen (secondary N) is 1. The Bertz CT molecular complexity index is 1720. The van der Waals surface area contributed by atoms with Crippen LogP contribution in [0.15, 0.2) is 108 Å². The quantitative estimate of drug-likeness (QED) is 0.140. The number of halogens is 2. The molecule has 0 aromatic heterocycles. The molecule has 0 aliphatic rings. The molecule has 8 nitrogen and oxygen atoms in total. The molecule has 1 atom stereocenters. The Morgan fingerprint density at radius 2 is 1.50 bits per heavy atom. The second-order valence-electron chi connectivity index (χ2n) is 10.6. The van der Waals surface area contributed by atoms with Gasteiger partial charge in [0.2, 0.25) is 11.8 Å². The van der Waals surface area contributed by atoms with Gasteiger partial charge < -0.3 is 15.0 Å². The largest absolute Gasteiger partial charge is 0.495 e. The lowest BCUT2D eigenvalue weighted by Gasteiger charge is -2.34. The van der Waals surface area contributed by atoms with E-state index in [9.17, 15) is 18.0 Å². The first-order chi connectivity index (χ1) is 22.1. The number of methoxy groups -OCH3 is 1. The molecule has 0 radical (unpaired) electrons. The highest BCUT2D eigenvalue weighted by Gasteiger charge is 2.35. The van der Waals surface area contributed by atoms with E-state index in [1.165, 1.54) is 30.2 Å². The van der Waals surface area contributed by atoms with Gasteiger partial charge in [-0.3, -0.25) is 13.9 Å². The van der Waals surface area contributed by atoms with Gasteiger partial charge in [-0.15, -0.1) is 0 Å². The van der Waals surface area contributed by atoms with E-state index in [1.807, 2.05) is 37.3 Å². The lowest BCUT2D eigenvalue weighted by Crippen LogP contribution is -2.53. The number of nitrogens with zero attached hydrogens (tertiary/aromatic N) is 2. The van der Waals surface area contributed by atoms with Crippen LogP contribution in [0.2, 0.25) is 10.0 Å². The van der Waals surface area contributed by atoms with Crippen molar-refractivity contribution >= 4 is 50.7 Å². The number of rotatable bonds is 15. The predicted octanol–water partition coefficient (Wildman–Crippen LogP) is 6.75. The zero-order chi connectivity index (χ0) is 33.1. The summed E-state index contributed by atoms with van der Waals surface area (Å²) in [5.41, 5.74) is 1.60. The molecule has 0 heterocycles. The van der Waals surface area contributed by atoms with E-state index in [4.69, 9.17) is 27.9 Å². The zero-order valence-electron chi connectivity index (χ0n) is 25.7. The average molecular weight is 683 g/mol. The number of unbranched alkanes of at least 4 members (excludes halogenated alkanes) is 1. The molecule has 46 heavy (non-hydrogen) atoms. The minimum absolute atomic E-state index is 0.00397. The van der Waals surface area contributed by atoms with Crippen molar-refractivity contribution in [2.75, 3.05) is 24.5 Å². The van der Waals surface area contributed by atoms with Crippen LogP contribution >= 0.6 is 23.2 Å². The van der Waals surface area contributed by atoms with Gasteiger partial charge in [0, 0.05) is 29.6 Å².